The molecule has 5 heteroatoms. The first-order chi connectivity index (χ1) is 12.9. The summed E-state index contributed by atoms with van der Waals surface area (Å²) >= 11 is 3.54. The molecule has 0 unspecified atom stereocenters. The number of piperazine rings is 1. The van der Waals surface area contributed by atoms with E-state index in [0.29, 0.717) is 13.1 Å². The minimum atomic E-state index is 0.0362. The minimum absolute atomic E-state index is 0.0362. The average Bonchev–Trinajstić information content (AvgIpc) is 2.67. The molecule has 27 heavy (non-hydrogen) atoms. The molecular formula is C22H23BrN2O2. The Morgan fingerprint density at radius 3 is 2.26 bits per heavy atom. The first-order valence-electron chi connectivity index (χ1n) is 9.03. The number of ketones is 1. The Morgan fingerprint density at radius 1 is 1.00 bits per heavy atom. The van der Waals surface area contributed by atoms with Crippen molar-refractivity contribution in [3.63, 3.8) is 0 Å². The molecule has 1 aliphatic heterocycles. The molecule has 0 saturated carbocycles. The molecule has 0 atom stereocenters. The summed E-state index contributed by atoms with van der Waals surface area (Å²) in [5.74, 6) is 0.109. The molecule has 0 spiro atoms. The zero-order chi connectivity index (χ0) is 19.4. The van der Waals surface area contributed by atoms with E-state index in [1.807, 2.05) is 60.4 Å². The van der Waals surface area contributed by atoms with Crippen LogP contribution in [0.25, 0.3) is 6.08 Å². The van der Waals surface area contributed by atoms with Gasteiger partial charge in [0.15, 0.2) is 5.78 Å². The normalized spacial score (nSPS) is 14.6. The van der Waals surface area contributed by atoms with Crippen LogP contribution in [-0.4, -0.2) is 42.8 Å². The van der Waals surface area contributed by atoms with Gasteiger partial charge in [-0.1, -0.05) is 28.1 Å². The Hall–Kier alpha value is -2.40. The molecular weight excluding hydrogens is 404 g/mol. The summed E-state index contributed by atoms with van der Waals surface area (Å²) in [4.78, 5) is 28.0. The van der Waals surface area contributed by atoms with Crippen LogP contribution in [0.15, 0.2) is 53.0 Å². The van der Waals surface area contributed by atoms with Crippen molar-refractivity contribution in [1.82, 2.24) is 4.90 Å². The van der Waals surface area contributed by atoms with E-state index in [1.54, 1.807) is 13.0 Å². The topological polar surface area (TPSA) is 40.6 Å². The number of benzene rings is 2. The lowest BCUT2D eigenvalue weighted by atomic mass is 10.1. The molecule has 3 rings (SSSR count). The first kappa shape index (κ1) is 19.4. The van der Waals surface area contributed by atoms with Gasteiger partial charge in [0.05, 0.1) is 0 Å². The van der Waals surface area contributed by atoms with Gasteiger partial charge in [-0.05, 0) is 61.4 Å². The molecule has 0 aliphatic carbocycles. The Morgan fingerprint density at radius 2 is 1.67 bits per heavy atom. The van der Waals surface area contributed by atoms with Gasteiger partial charge >= 0.3 is 0 Å². The van der Waals surface area contributed by atoms with Gasteiger partial charge in [-0.15, -0.1) is 0 Å². The number of hydrogen-bond donors (Lipinski definition) is 0. The highest BCUT2D eigenvalue weighted by Crippen LogP contribution is 2.20. The molecule has 0 N–H and O–H groups in total. The van der Waals surface area contributed by atoms with Crippen molar-refractivity contribution in [1.29, 1.82) is 0 Å². The summed E-state index contributed by atoms with van der Waals surface area (Å²) in [6.45, 7) is 6.55. The lowest BCUT2D eigenvalue weighted by Crippen LogP contribution is -2.48. The van der Waals surface area contributed by atoms with Crippen LogP contribution in [0.1, 0.15) is 28.4 Å². The Labute approximate surface area is 168 Å². The molecule has 1 fully saturated rings. The van der Waals surface area contributed by atoms with Gasteiger partial charge in [0.1, 0.15) is 0 Å². The predicted molar refractivity (Wildman–Crippen MR) is 113 cm³/mol. The van der Waals surface area contributed by atoms with Crippen LogP contribution < -0.4 is 4.90 Å². The molecule has 0 aromatic heterocycles. The van der Waals surface area contributed by atoms with Gasteiger partial charge in [0.25, 0.3) is 0 Å². The average molecular weight is 427 g/mol. The number of carbonyl (C=O) groups is 2. The van der Waals surface area contributed by atoms with Crippen LogP contribution in [0, 0.1) is 6.92 Å². The summed E-state index contributed by atoms with van der Waals surface area (Å²) in [5, 5.41) is 0. The van der Waals surface area contributed by atoms with Gasteiger partial charge in [0.2, 0.25) is 5.91 Å². The standard InChI is InChI=1S/C22H23BrN2O2/c1-16-3-4-19(21(23)15-16)7-10-22(27)25-13-11-24(12-14-25)20-8-5-18(6-9-20)17(2)26/h3-10,15H,11-14H2,1-2H3. The van der Waals surface area contributed by atoms with Crippen LogP contribution in [0.3, 0.4) is 0 Å². The number of nitrogens with zero attached hydrogens (tertiary/aromatic N) is 2. The zero-order valence-electron chi connectivity index (χ0n) is 15.6. The van der Waals surface area contributed by atoms with Crippen LogP contribution in [0.2, 0.25) is 0 Å². The summed E-state index contributed by atoms with van der Waals surface area (Å²) < 4.78 is 0.991. The fourth-order valence-corrected chi connectivity index (χ4v) is 3.75. The highest BCUT2D eigenvalue weighted by Gasteiger charge is 2.20. The smallest absolute Gasteiger partial charge is 0.246 e. The van der Waals surface area contributed by atoms with Crippen molar-refractivity contribution in [3.8, 4) is 0 Å². The second kappa shape index (κ2) is 8.53. The number of aryl methyl sites for hydroxylation is 1. The van der Waals surface area contributed by atoms with Crippen molar-refractivity contribution in [2.45, 2.75) is 13.8 Å². The summed E-state index contributed by atoms with van der Waals surface area (Å²) in [6.07, 6.45) is 3.51. The van der Waals surface area contributed by atoms with Gasteiger partial charge in [-0.2, -0.15) is 0 Å². The fourth-order valence-electron chi connectivity index (χ4n) is 3.13. The van der Waals surface area contributed by atoms with Crippen molar-refractivity contribution in [2.24, 2.45) is 0 Å². The second-order valence-electron chi connectivity index (χ2n) is 6.77. The monoisotopic (exact) mass is 426 g/mol. The first-order valence-corrected chi connectivity index (χ1v) is 9.82. The van der Waals surface area contributed by atoms with Crippen molar-refractivity contribution >= 4 is 39.4 Å². The number of hydrogen-bond acceptors (Lipinski definition) is 3. The van der Waals surface area contributed by atoms with Gasteiger partial charge in [-0.25, -0.2) is 0 Å². The fraction of sp³-hybridized carbons (Fsp3) is 0.273. The Kier molecular flexibility index (Phi) is 6.11. The van der Waals surface area contributed by atoms with E-state index in [4.69, 9.17) is 0 Å². The number of halogens is 1. The summed E-state index contributed by atoms with van der Waals surface area (Å²) in [6, 6.07) is 13.7. The molecule has 2 aromatic rings. The maximum Gasteiger partial charge on any atom is 0.246 e. The molecule has 1 saturated heterocycles. The van der Waals surface area contributed by atoms with Crippen molar-refractivity contribution in [3.05, 3.63) is 69.7 Å². The van der Waals surface area contributed by atoms with Gasteiger partial charge in [-0.3, -0.25) is 9.59 Å². The van der Waals surface area contributed by atoms with E-state index < -0.39 is 0 Å². The van der Waals surface area contributed by atoms with Crippen molar-refractivity contribution in [2.75, 3.05) is 31.1 Å². The summed E-state index contributed by atoms with van der Waals surface area (Å²) in [5.41, 5.74) is 3.99. The van der Waals surface area contributed by atoms with E-state index >= 15 is 0 Å². The maximum absolute atomic E-state index is 12.5. The van der Waals surface area contributed by atoms with Crippen LogP contribution in [0.4, 0.5) is 5.69 Å². The lowest BCUT2D eigenvalue weighted by molar-refractivity contribution is -0.126. The quantitative estimate of drug-likeness (QED) is 0.539. The molecule has 1 aliphatic rings. The van der Waals surface area contributed by atoms with Gasteiger partial charge < -0.3 is 9.80 Å². The largest absolute Gasteiger partial charge is 0.368 e. The molecule has 1 heterocycles. The molecule has 1 amide bonds. The van der Waals surface area contributed by atoms with E-state index in [9.17, 15) is 9.59 Å². The Bertz CT molecular complexity index is 866. The minimum Gasteiger partial charge on any atom is -0.368 e. The molecule has 0 radical (unpaired) electrons. The van der Waals surface area contributed by atoms with E-state index in [0.717, 1.165) is 34.4 Å². The molecule has 0 bridgehead atoms. The van der Waals surface area contributed by atoms with Crippen molar-refractivity contribution < 1.29 is 9.59 Å². The van der Waals surface area contributed by atoms with Crippen LogP contribution in [0.5, 0.6) is 0 Å². The second-order valence-corrected chi connectivity index (χ2v) is 7.63. The molecule has 4 nitrogen and oxygen atoms in total. The Balaban J connectivity index is 1.57. The van der Waals surface area contributed by atoms with Crippen LogP contribution >= 0.6 is 15.9 Å². The third-order valence-corrected chi connectivity index (χ3v) is 5.48. The highest BCUT2D eigenvalue weighted by atomic mass is 79.9. The van der Waals surface area contributed by atoms with Gasteiger partial charge in [0, 0.05) is 48.0 Å². The third-order valence-electron chi connectivity index (χ3n) is 4.79. The number of amides is 1. The summed E-state index contributed by atoms with van der Waals surface area (Å²) in [7, 11) is 0. The van der Waals surface area contributed by atoms with E-state index in [2.05, 4.69) is 20.8 Å². The number of Topliss-reactive ketones (excluding diaryl/α,β-unsaturated/α-hetero) is 1. The predicted octanol–water partition coefficient (Wildman–Crippen LogP) is 4.32. The number of carbonyl (C=O) groups excluding carboxylic acids is 2. The van der Waals surface area contributed by atoms with E-state index in [-0.39, 0.29) is 11.7 Å². The number of rotatable bonds is 4. The SMILES string of the molecule is CC(=O)c1ccc(N2CCN(C(=O)C=Cc3ccc(C)cc3Br)CC2)cc1. The van der Waals surface area contributed by atoms with E-state index in [1.165, 1.54) is 5.56 Å². The zero-order valence-corrected chi connectivity index (χ0v) is 17.2. The van der Waals surface area contributed by atoms with Crippen LogP contribution in [-0.2, 0) is 4.79 Å². The third kappa shape index (κ3) is 4.86. The molecule has 140 valence electrons. The molecule has 2 aromatic carbocycles. The highest BCUT2D eigenvalue weighted by molar-refractivity contribution is 9.10. The number of anilines is 1. The maximum atomic E-state index is 12.5. The lowest BCUT2D eigenvalue weighted by Gasteiger charge is -2.35.